The SMILES string of the molecule is CN(c1cnc2cnn(CC(=O)Nc3ccc4ccncc4c3)c2n1)C1CC(C)(C)C1. The molecule has 1 fully saturated rings. The molecule has 3 heterocycles. The fourth-order valence-corrected chi connectivity index (χ4v) is 4.30. The maximum Gasteiger partial charge on any atom is 0.246 e. The lowest BCUT2D eigenvalue weighted by Crippen LogP contribution is -2.47. The number of anilines is 2. The van der Waals surface area contributed by atoms with Crippen molar-refractivity contribution in [1.82, 2.24) is 24.7 Å². The van der Waals surface area contributed by atoms with Crippen LogP contribution in [0, 0.1) is 5.41 Å². The first-order valence-electron chi connectivity index (χ1n) is 10.4. The highest BCUT2D eigenvalue weighted by Crippen LogP contribution is 2.43. The normalized spacial score (nSPS) is 15.7. The van der Waals surface area contributed by atoms with Crippen LogP contribution in [-0.2, 0) is 11.3 Å². The lowest BCUT2D eigenvalue weighted by atomic mass is 9.68. The number of benzene rings is 1. The van der Waals surface area contributed by atoms with E-state index in [0.29, 0.717) is 22.6 Å². The summed E-state index contributed by atoms with van der Waals surface area (Å²) in [5.74, 6) is 0.631. The highest BCUT2D eigenvalue weighted by Gasteiger charge is 2.38. The average molecular weight is 416 g/mol. The van der Waals surface area contributed by atoms with Crippen LogP contribution in [0.5, 0.6) is 0 Å². The molecular weight excluding hydrogens is 390 g/mol. The summed E-state index contributed by atoms with van der Waals surface area (Å²) in [6.07, 6.45) is 9.22. The van der Waals surface area contributed by atoms with Crippen LogP contribution in [0.4, 0.5) is 11.5 Å². The van der Waals surface area contributed by atoms with Crippen LogP contribution in [0.3, 0.4) is 0 Å². The number of amides is 1. The van der Waals surface area contributed by atoms with E-state index < -0.39 is 0 Å². The number of nitrogens with zero attached hydrogens (tertiary/aromatic N) is 6. The summed E-state index contributed by atoms with van der Waals surface area (Å²) in [4.78, 5) is 28.2. The Morgan fingerprint density at radius 3 is 2.84 bits per heavy atom. The van der Waals surface area contributed by atoms with Crippen molar-refractivity contribution in [3.63, 3.8) is 0 Å². The maximum atomic E-state index is 12.7. The van der Waals surface area contributed by atoms with Gasteiger partial charge in [-0.3, -0.25) is 9.78 Å². The van der Waals surface area contributed by atoms with E-state index in [4.69, 9.17) is 4.98 Å². The molecule has 1 aliphatic rings. The van der Waals surface area contributed by atoms with E-state index in [-0.39, 0.29) is 12.5 Å². The van der Waals surface area contributed by atoms with E-state index in [1.807, 2.05) is 24.3 Å². The monoisotopic (exact) mass is 415 g/mol. The van der Waals surface area contributed by atoms with E-state index in [2.05, 4.69) is 46.2 Å². The first-order valence-corrected chi connectivity index (χ1v) is 10.4. The maximum absolute atomic E-state index is 12.7. The Labute approximate surface area is 180 Å². The average Bonchev–Trinajstić information content (AvgIpc) is 3.13. The number of carbonyl (C=O) groups is 1. The van der Waals surface area contributed by atoms with Crippen LogP contribution < -0.4 is 10.2 Å². The third kappa shape index (κ3) is 3.81. The molecule has 0 spiro atoms. The summed E-state index contributed by atoms with van der Waals surface area (Å²) < 4.78 is 1.60. The summed E-state index contributed by atoms with van der Waals surface area (Å²) in [5.41, 5.74) is 2.40. The lowest BCUT2D eigenvalue weighted by Gasteiger charge is -2.47. The van der Waals surface area contributed by atoms with Gasteiger partial charge in [-0.25, -0.2) is 14.6 Å². The molecule has 31 heavy (non-hydrogen) atoms. The second kappa shape index (κ2) is 7.30. The fraction of sp³-hybridized carbons (Fsp3) is 0.348. The van der Waals surface area contributed by atoms with Gasteiger partial charge in [-0.15, -0.1) is 0 Å². The molecule has 5 rings (SSSR count). The molecule has 4 aromatic rings. The topological polar surface area (TPSA) is 88.8 Å². The van der Waals surface area contributed by atoms with Gasteiger partial charge in [0.15, 0.2) is 5.65 Å². The smallest absolute Gasteiger partial charge is 0.246 e. The van der Waals surface area contributed by atoms with Crippen molar-refractivity contribution in [2.24, 2.45) is 5.41 Å². The molecule has 1 aliphatic carbocycles. The van der Waals surface area contributed by atoms with Gasteiger partial charge < -0.3 is 10.2 Å². The van der Waals surface area contributed by atoms with E-state index >= 15 is 0 Å². The van der Waals surface area contributed by atoms with Gasteiger partial charge in [0.1, 0.15) is 17.9 Å². The fourth-order valence-electron chi connectivity index (χ4n) is 4.30. The van der Waals surface area contributed by atoms with Crippen LogP contribution in [-0.4, -0.2) is 43.7 Å². The number of fused-ring (bicyclic) bond motifs is 2. The minimum atomic E-state index is -0.172. The van der Waals surface area contributed by atoms with E-state index in [1.54, 1.807) is 29.5 Å². The highest BCUT2D eigenvalue weighted by molar-refractivity contribution is 5.94. The zero-order valence-electron chi connectivity index (χ0n) is 17.9. The summed E-state index contributed by atoms with van der Waals surface area (Å²) >= 11 is 0. The first kappa shape index (κ1) is 19.4. The van der Waals surface area contributed by atoms with Crippen LogP contribution in [0.25, 0.3) is 21.9 Å². The number of rotatable bonds is 5. The molecule has 0 unspecified atom stereocenters. The Balaban J connectivity index is 1.33. The second-order valence-corrected chi connectivity index (χ2v) is 9.06. The molecule has 0 aliphatic heterocycles. The van der Waals surface area contributed by atoms with Gasteiger partial charge in [0.2, 0.25) is 5.91 Å². The van der Waals surface area contributed by atoms with E-state index in [0.717, 1.165) is 35.1 Å². The second-order valence-electron chi connectivity index (χ2n) is 9.06. The van der Waals surface area contributed by atoms with Gasteiger partial charge in [-0.1, -0.05) is 19.9 Å². The van der Waals surface area contributed by atoms with Crippen molar-refractivity contribution in [3.8, 4) is 0 Å². The van der Waals surface area contributed by atoms with Gasteiger partial charge in [0.05, 0.1) is 12.4 Å². The molecule has 3 aromatic heterocycles. The summed E-state index contributed by atoms with van der Waals surface area (Å²) in [7, 11) is 2.05. The lowest BCUT2D eigenvalue weighted by molar-refractivity contribution is -0.116. The van der Waals surface area contributed by atoms with Crippen molar-refractivity contribution in [2.45, 2.75) is 39.3 Å². The Hall–Kier alpha value is -3.55. The predicted octanol–water partition coefficient (Wildman–Crippen LogP) is 3.64. The predicted molar refractivity (Wildman–Crippen MR) is 121 cm³/mol. The van der Waals surface area contributed by atoms with Gasteiger partial charge >= 0.3 is 0 Å². The molecule has 1 saturated carbocycles. The Morgan fingerprint density at radius 1 is 1.19 bits per heavy atom. The minimum absolute atomic E-state index is 0.0624. The molecule has 0 radical (unpaired) electrons. The molecule has 1 N–H and O–H groups in total. The van der Waals surface area contributed by atoms with Crippen LogP contribution in [0.15, 0.2) is 49.1 Å². The number of pyridine rings is 1. The number of hydrogen-bond acceptors (Lipinski definition) is 6. The molecule has 1 aromatic carbocycles. The van der Waals surface area contributed by atoms with Crippen molar-refractivity contribution in [3.05, 3.63) is 49.1 Å². The van der Waals surface area contributed by atoms with Crippen LogP contribution in [0.2, 0.25) is 0 Å². The van der Waals surface area contributed by atoms with Crippen LogP contribution in [0.1, 0.15) is 26.7 Å². The molecule has 158 valence electrons. The number of carbonyl (C=O) groups excluding carboxylic acids is 1. The first-order chi connectivity index (χ1) is 14.9. The summed E-state index contributed by atoms with van der Waals surface area (Å²) in [6.45, 7) is 4.63. The standard InChI is InChI=1S/C23H25N7O/c1-23(2)9-18(10-23)29(3)20-13-25-19-12-26-30(22(19)28-20)14-21(31)27-17-5-4-15-6-7-24-11-16(15)8-17/h4-8,11-13,18H,9-10,14H2,1-3H3,(H,27,31). The molecule has 8 heteroatoms. The van der Waals surface area contributed by atoms with E-state index in [1.165, 1.54) is 0 Å². The van der Waals surface area contributed by atoms with Crippen molar-refractivity contribution in [2.75, 3.05) is 17.3 Å². The number of aromatic nitrogens is 5. The minimum Gasteiger partial charge on any atom is -0.355 e. The zero-order chi connectivity index (χ0) is 21.6. The largest absolute Gasteiger partial charge is 0.355 e. The zero-order valence-corrected chi connectivity index (χ0v) is 17.9. The van der Waals surface area contributed by atoms with Gasteiger partial charge in [0, 0.05) is 36.6 Å². The van der Waals surface area contributed by atoms with Gasteiger partial charge in [-0.2, -0.15) is 5.10 Å². The quantitative estimate of drug-likeness (QED) is 0.535. The molecule has 8 nitrogen and oxygen atoms in total. The highest BCUT2D eigenvalue weighted by atomic mass is 16.2. The molecule has 0 bridgehead atoms. The Bertz CT molecular complexity index is 1270. The summed E-state index contributed by atoms with van der Waals surface area (Å²) in [6, 6.07) is 8.16. The van der Waals surface area contributed by atoms with Gasteiger partial charge in [-0.05, 0) is 41.8 Å². The van der Waals surface area contributed by atoms with Crippen molar-refractivity contribution < 1.29 is 4.79 Å². The number of hydrogen-bond donors (Lipinski definition) is 1. The molecule has 0 saturated heterocycles. The summed E-state index contributed by atoms with van der Waals surface area (Å²) in [5, 5.41) is 9.32. The van der Waals surface area contributed by atoms with Crippen LogP contribution >= 0.6 is 0 Å². The van der Waals surface area contributed by atoms with Crippen molar-refractivity contribution in [1.29, 1.82) is 0 Å². The van der Waals surface area contributed by atoms with Crippen molar-refractivity contribution >= 4 is 39.3 Å². The number of nitrogens with one attached hydrogen (secondary N) is 1. The molecular formula is C23H25N7O. The van der Waals surface area contributed by atoms with Gasteiger partial charge in [0.25, 0.3) is 0 Å². The molecule has 0 atom stereocenters. The Morgan fingerprint density at radius 2 is 2.03 bits per heavy atom. The third-order valence-electron chi connectivity index (χ3n) is 6.04. The van der Waals surface area contributed by atoms with E-state index in [9.17, 15) is 4.79 Å². The third-order valence-corrected chi connectivity index (χ3v) is 6.04. The Kier molecular flexibility index (Phi) is 4.57. The molecule has 1 amide bonds.